The fourth-order valence-electron chi connectivity index (χ4n) is 4.37. The van der Waals surface area contributed by atoms with Crippen molar-refractivity contribution in [1.29, 1.82) is 0 Å². The Morgan fingerprint density at radius 1 is 1.00 bits per heavy atom. The third kappa shape index (κ3) is 5.58. The molecule has 2 atom stereocenters. The Morgan fingerprint density at radius 2 is 1.59 bits per heavy atom. The van der Waals surface area contributed by atoms with Gasteiger partial charge in [-0.2, -0.15) is 0 Å². The molecule has 0 radical (unpaired) electrons. The van der Waals surface area contributed by atoms with E-state index in [2.05, 4.69) is 34.9 Å². The van der Waals surface area contributed by atoms with Crippen LogP contribution in [0, 0.1) is 11.3 Å². The molecule has 7 heteroatoms. The minimum atomic E-state index is -0.919. The third-order valence-electron chi connectivity index (χ3n) is 6.79. The van der Waals surface area contributed by atoms with Gasteiger partial charge < -0.3 is 20.5 Å². The lowest BCUT2D eigenvalue weighted by atomic mass is 9.86. The molecule has 1 aliphatic carbocycles. The molecule has 0 aliphatic heterocycles. The first-order chi connectivity index (χ1) is 16.3. The van der Waals surface area contributed by atoms with Crippen molar-refractivity contribution in [2.75, 3.05) is 19.7 Å². The number of amides is 2. The third-order valence-corrected chi connectivity index (χ3v) is 6.79. The van der Waals surface area contributed by atoms with Crippen LogP contribution in [0.2, 0.25) is 0 Å². The molecule has 2 aromatic rings. The molecule has 0 spiro atoms. The molecular formula is C27H34N2O5. The summed E-state index contributed by atoms with van der Waals surface area (Å²) in [6.45, 7) is 5.89. The molecule has 0 bridgehead atoms. The molecule has 2 amide bonds. The van der Waals surface area contributed by atoms with E-state index in [-0.39, 0.29) is 31.5 Å². The van der Waals surface area contributed by atoms with E-state index in [1.54, 1.807) is 6.92 Å². The summed E-state index contributed by atoms with van der Waals surface area (Å²) in [7, 11) is 0. The molecule has 2 unspecified atom stereocenters. The zero-order valence-electron chi connectivity index (χ0n) is 20.1. The first-order valence-electron chi connectivity index (χ1n) is 11.9. The maximum atomic E-state index is 12.8. The number of rotatable bonds is 11. The van der Waals surface area contributed by atoms with Gasteiger partial charge in [0.15, 0.2) is 0 Å². The number of hydrogen-bond acceptors (Lipinski definition) is 4. The fourth-order valence-corrected chi connectivity index (χ4v) is 4.37. The van der Waals surface area contributed by atoms with Gasteiger partial charge in [0.1, 0.15) is 6.61 Å². The van der Waals surface area contributed by atoms with Crippen molar-refractivity contribution in [1.82, 2.24) is 10.6 Å². The summed E-state index contributed by atoms with van der Waals surface area (Å²) >= 11 is 0. The van der Waals surface area contributed by atoms with Gasteiger partial charge in [-0.05, 0) is 42.0 Å². The summed E-state index contributed by atoms with van der Waals surface area (Å²) in [5.41, 5.74) is 3.71. The standard InChI is InChI=1S/C27H34N2O5/c1-4-10-18(24(30)31)15-28-25(32)27(3,5-2)17-29-26(33)34-16-23-21-13-8-6-11-19(21)20-12-7-9-14-22(20)23/h6-9,11-14,18,23H,4-5,10,15-17H2,1-3H3,(H,28,32)(H,29,33)(H,30,31). The largest absolute Gasteiger partial charge is 0.481 e. The van der Waals surface area contributed by atoms with Gasteiger partial charge in [0, 0.05) is 19.0 Å². The highest BCUT2D eigenvalue weighted by atomic mass is 16.5. The van der Waals surface area contributed by atoms with Crippen molar-refractivity contribution in [2.24, 2.45) is 11.3 Å². The van der Waals surface area contributed by atoms with Crippen LogP contribution in [-0.2, 0) is 14.3 Å². The summed E-state index contributed by atoms with van der Waals surface area (Å²) in [6.07, 6.45) is 1.12. The molecule has 0 fully saturated rings. The number of carboxylic acids is 1. The SMILES string of the molecule is CCCC(CNC(=O)C(C)(CC)CNC(=O)OCC1c2ccccc2-c2ccccc21)C(=O)O. The highest BCUT2D eigenvalue weighted by molar-refractivity contribution is 5.84. The summed E-state index contributed by atoms with van der Waals surface area (Å²) in [5.74, 6) is -1.86. The monoisotopic (exact) mass is 466 g/mol. The molecule has 0 aromatic heterocycles. The van der Waals surface area contributed by atoms with Crippen LogP contribution >= 0.6 is 0 Å². The van der Waals surface area contributed by atoms with Crippen LogP contribution in [0.15, 0.2) is 48.5 Å². The molecule has 34 heavy (non-hydrogen) atoms. The van der Waals surface area contributed by atoms with E-state index in [1.807, 2.05) is 38.1 Å². The number of carbonyl (C=O) groups is 3. The van der Waals surface area contributed by atoms with Crippen molar-refractivity contribution in [3.8, 4) is 11.1 Å². The average Bonchev–Trinajstić information content (AvgIpc) is 3.17. The van der Waals surface area contributed by atoms with Crippen LogP contribution in [0.1, 0.15) is 57.1 Å². The van der Waals surface area contributed by atoms with E-state index < -0.39 is 23.4 Å². The lowest BCUT2D eigenvalue weighted by Gasteiger charge is -2.28. The maximum Gasteiger partial charge on any atom is 0.407 e. The van der Waals surface area contributed by atoms with Crippen molar-refractivity contribution in [3.05, 3.63) is 59.7 Å². The lowest BCUT2D eigenvalue weighted by molar-refractivity contribution is -0.142. The Hall–Kier alpha value is -3.35. The Balaban J connectivity index is 1.55. The number of alkyl carbamates (subject to hydrolysis) is 1. The van der Waals surface area contributed by atoms with E-state index in [9.17, 15) is 19.5 Å². The summed E-state index contributed by atoms with van der Waals surface area (Å²) in [6, 6.07) is 16.2. The first kappa shape index (κ1) is 25.3. The van der Waals surface area contributed by atoms with Crippen molar-refractivity contribution >= 4 is 18.0 Å². The van der Waals surface area contributed by atoms with Gasteiger partial charge in [-0.25, -0.2) is 4.79 Å². The number of fused-ring (bicyclic) bond motifs is 3. The van der Waals surface area contributed by atoms with Gasteiger partial charge in [-0.3, -0.25) is 9.59 Å². The van der Waals surface area contributed by atoms with Crippen molar-refractivity contribution < 1.29 is 24.2 Å². The van der Waals surface area contributed by atoms with Crippen molar-refractivity contribution in [2.45, 2.75) is 46.0 Å². The first-order valence-corrected chi connectivity index (χ1v) is 11.9. The summed E-state index contributed by atoms with van der Waals surface area (Å²) in [4.78, 5) is 36.6. The highest BCUT2D eigenvalue weighted by Crippen LogP contribution is 2.44. The molecule has 1 aliphatic rings. The second-order valence-corrected chi connectivity index (χ2v) is 9.13. The molecule has 0 saturated heterocycles. The van der Waals surface area contributed by atoms with E-state index >= 15 is 0 Å². The molecule has 182 valence electrons. The van der Waals surface area contributed by atoms with Crippen LogP contribution in [0.4, 0.5) is 4.79 Å². The van der Waals surface area contributed by atoms with E-state index in [1.165, 1.54) is 0 Å². The van der Waals surface area contributed by atoms with Gasteiger partial charge >= 0.3 is 12.1 Å². The van der Waals surface area contributed by atoms with Crippen LogP contribution in [0.25, 0.3) is 11.1 Å². The lowest BCUT2D eigenvalue weighted by Crippen LogP contribution is -2.48. The van der Waals surface area contributed by atoms with E-state index in [0.717, 1.165) is 28.7 Å². The van der Waals surface area contributed by atoms with Gasteiger partial charge in [0.2, 0.25) is 5.91 Å². The van der Waals surface area contributed by atoms with Gasteiger partial charge in [-0.1, -0.05) is 68.8 Å². The Morgan fingerprint density at radius 3 is 2.12 bits per heavy atom. The van der Waals surface area contributed by atoms with E-state index in [0.29, 0.717) is 12.8 Å². The molecule has 0 saturated carbocycles. The summed E-state index contributed by atoms with van der Waals surface area (Å²) < 4.78 is 5.56. The van der Waals surface area contributed by atoms with E-state index in [4.69, 9.17) is 4.74 Å². The normalized spacial score (nSPS) is 14.9. The quantitative estimate of drug-likeness (QED) is 0.450. The zero-order chi connectivity index (χ0) is 24.7. The van der Waals surface area contributed by atoms with Gasteiger partial charge in [0.25, 0.3) is 0 Å². The average molecular weight is 467 g/mol. The predicted octanol–water partition coefficient (Wildman–Crippen LogP) is 4.56. The number of aliphatic carboxylic acids is 1. The summed E-state index contributed by atoms with van der Waals surface area (Å²) in [5, 5.41) is 14.8. The van der Waals surface area contributed by atoms with Crippen LogP contribution in [0.5, 0.6) is 0 Å². The molecular weight excluding hydrogens is 432 g/mol. The smallest absolute Gasteiger partial charge is 0.407 e. The number of carbonyl (C=O) groups excluding carboxylic acids is 2. The number of hydrogen-bond donors (Lipinski definition) is 3. The van der Waals surface area contributed by atoms with Gasteiger partial charge in [-0.15, -0.1) is 0 Å². The number of benzene rings is 2. The molecule has 0 heterocycles. The second kappa shape index (κ2) is 11.2. The molecule has 2 aromatic carbocycles. The highest BCUT2D eigenvalue weighted by Gasteiger charge is 2.33. The fraction of sp³-hybridized carbons (Fsp3) is 0.444. The Labute approximate surface area is 200 Å². The minimum absolute atomic E-state index is 0.0366. The number of nitrogens with one attached hydrogen (secondary N) is 2. The van der Waals surface area contributed by atoms with Crippen LogP contribution in [-0.4, -0.2) is 42.8 Å². The predicted molar refractivity (Wildman–Crippen MR) is 131 cm³/mol. The topological polar surface area (TPSA) is 105 Å². The second-order valence-electron chi connectivity index (χ2n) is 9.13. The maximum absolute atomic E-state index is 12.8. The number of ether oxygens (including phenoxy) is 1. The molecule has 7 nitrogen and oxygen atoms in total. The van der Waals surface area contributed by atoms with Crippen molar-refractivity contribution in [3.63, 3.8) is 0 Å². The van der Waals surface area contributed by atoms with Crippen LogP contribution in [0.3, 0.4) is 0 Å². The molecule has 3 rings (SSSR count). The number of carboxylic acid groups (broad SMARTS) is 1. The molecule has 3 N–H and O–H groups in total. The Bertz CT molecular complexity index is 992. The minimum Gasteiger partial charge on any atom is -0.481 e. The Kier molecular flexibility index (Phi) is 8.31. The zero-order valence-corrected chi connectivity index (χ0v) is 20.1. The van der Waals surface area contributed by atoms with Crippen LogP contribution < -0.4 is 10.6 Å². The van der Waals surface area contributed by atoms with Gasteiger partial charge in [0.05, 0.1) is 11.3 Å².